The molecule has 1 rings (SSSR count). The Morgan fingerprint density at radius 2 is 1.67 bits per heavy atom. The van der Waals surface area contributed by atoms with Crippen molar-refractivity contribution in [2.24, 2.45) is 17.8 Å². The van der Waals surface area contributed by atoms with E-state index in [0.717, 1.165) is 0 Å². The standard InChI is InChI=1S/C13H22O2/c1-9(2)13(15)10(3)12(14)8-11-6-4-5-7-11/h9-11H,4-8H2,1-3H3. The van der Waals surface area contributed by atoms with Crippen molar-refractivity contribution in [2.45, 2.75) is 52.9 Å². The average molecular weight is 210 g/mol. The molecule has 0 heterocycles. The monoisotopic (exact) mass is 210 g/mol. The molecule has 1 unspecified atom stereocenters. The van der Waals surface area contributed by atoms with E-state index in [1.165, 1.54) is 25.7 Å². The molecule has 0 bridgehead atoms. The Balaban J connectivity index is 2.41. The first-order valence-electron chi connectivity index (χ1n) is 6.08. The van der Waals surface area contributed by atoms with Gasteiger partial charge >= 0.3 is 0 Å². The summed E-state index contributed by atoms with van der Waals surface area (Å²) in [4.78, 5) is 23.5. The maximum atomic E-state index is 11.8. The summed E-state index contributed by atoms with van der Waals surface area (Å²) in [6.07, 6.45) is 5.48. The molecule has 0 saturated heterocycles. The van der Waals surface area contributed by atoms with Crippen LogP contribution in [0.5, 0.6) is 0 Å². The minimum Gasteiger partial charge on any atom is -0.299 e. The maximum Gasteiger partial charge on any atom is 0.145 e. The van der Waals surface area contributed by atoms with Crippen LogP contribution < -0.4 is 0 Å². The average Bonchev–Trinajstić information content (AvgIpc) is 2.67. The van der Waals surface area contributed by atoms with Gasteiger partial charge in [-0.15, -0.1) is 0 Å². The fourth-order valence-electron chi connectivity index (χ4n) is 2.33. The predicted octanol–water partition coefficient (Wildman–Crippen LogP) is 3.00. The summed E-state index contributed by atoms with van der Waals surface area (Å²) in [5, 5.41) is 0. The summed E-state index contributed by atoms with van der Waals surface area (Å²) in [6.45, 7) is 5.49. The molecule has 0 aliphatic heterocycles. The summed E-state index contributed by atoms with van der Waals surface area (Å²) in [5.74, 6) is 0.400. The third-order valence-electron chi connectivity index (χ3n) is 3.44. The Morgan fingerprint density at radius 3 is 2.13 bits per heavy atom. The fraction of sp³-hybridized carbons (Fsp3) is 0.846. The van der Waals surface area contributed by atoms with E-state index >= 15 is 0 Å². The van der Waals surface area contributed by atoms with Gasteiger partial charge in [-0.2, -0.15) is 0 Å². The Morgan fingerprint density at radius 1 is 1.13 bits per heavy atom. The molecule has 86 valence electrons. The third kappa shape index (κ3) is 3.44. The van der Waals surface area contributed by atoms with Gasteiger partial charge in [0.05, 0.1) is 5.92 Å². The van der Waals surface area contributed by atoms with Crippen molar-refractivity contribution in [3.8, 4) is 0 Å². The zero-order valence-corrected chi connectivity index (χ0v) is 10.1. The van der Waals surface area contributed by atoms with Crippen LogP contribution in [0, 0.1) is 17.8 Å². The van der Waals surface area contributed by atoms with Crippen LogP contribution in [0.25, 0.3) is 0 Å². The first kappa shape index (κ1) is 12.4. The van der Waals surface area contributed by atoms with Crippen molar-refractivity contribution >= 4 is 11.6 Å². The molecule has 0 spiro atoms. The van der Waals surface area contributed by atoms with E-state index in [1.54, 1.807) is 6.92 Å². The van der Waals surface area contributed by atoms with Gasteiger partial charge in [0.2, 0.25) is 0 Å². The van der Waals surface area contributed by atoms with Crippen LogP contribution in [0.2, 0.25) is 0 Å². The Bertz CT molecular complexity index is 237. The van der Waals surface area contributed by atoms with Crippen LogP contribution in [-0.2, 0) is 9.59 Å². The lowest BCUT2D eigenvalue weighted by atomic mass is 9.88. The van der Waals surface area contributed by atoms with Gasteiger partial charge in [-0.3, -0.25) is 9.59 Å². The highest BCUT2D eigenvalue weighted by Crippen LogP contribution is 2.28. The molecule has 0 aromatic rings. The zero-order chi connectivity index (χ0) is 11.4. The van der Waals surface area contributed by atoms with Crippen LogP contribution >= 0.6 is 0 Å². The van der Waals surface area contributed by atoms with Gasteiger partial charge in [0, 0.05) is 12.3 Å². The third-order valence-corrected chi connectivity index (χ3v) is 3.44. The van der Waals surface area contributed by atoms with Gasteiger partial charge in [-0.25, -0.2) is 0 Å². The highest BCUT2D eigenvalue weighted by molar-refractivity contribution is 6.02. The molecule has 0 N–H and O–H groups in total. The minimum atomic E-state index is -0.384. The first-order valence-corrected chi connectivity index (χ1v) is 6.08. The maximum absolute atomic E-state index is 11.8. The lowest BCUT2D eigenvalue weighted by Crippen LogP contribution is -2.26. The highest BCUT2D eigenvalue weighted by Gasteiger charge is 2.26. The first-order chi connectivity index (χ1) is 7.02. The second kappa shape index (κ2) is 5.43. The number of carbonyl (C=O) groups is 2. The molecular weight excluding hydrogens is 188 g/mol. The van der Waals surface area contributed by atoms with Crippen molar-refractivity contribution in [2.75, 3.05) is 0 Å². The largest absolute Gasteiger partial charge is 0.299 e. The summed E-state index contributed by atoms with van der Waals surface area (Å²) in [6, 6.07) is 0. The van der Waals surface area contributed by atoms with E-state index in [1.807, 2.05) is 13.8 Å². The highest BCUT2D eigenvalue weighted by atomic mass is 16.2. The van der Waals surface area contributed by atoms with E-state index in [-0.39, 0.29) is 23.4 Å². The van der Waals surface area contributed by atoms with Crippen molar-refractivity contribution in [1.29, 1.82) is 0 Å². The number of hydrogen-bond donors (Lipinski definition) is 0. The molecule has 1 saturated carbocycles. The topological polar surface area (TPSA) is 34.1 Å². The summed E-state index contributed by atoms with van der Waals surface area (Å²) in [7, 11) is 0. The van der Waals surface area contributed by atoms with E-state index in [0.29, 0.717) is 12.3 Å². The number of Topliss-reactive ketones (excluding diaryl/α,β-unsaturated/α-hetero) is 2. The minimum absolute atomic E-state index is 0.0208. The molecule has 1 atom stereocenters. The summed E-state index contributed by atoms with van der Waals surface area (Å²) >= 11 is 0. The number of ketones is 2. The smallest absolute Gasteiger partial charge is 0.145 e. The van der Waals surface area contributed by atoms with Crippen molar-refractivity contribution in [3.05, 3.63) is 0 Å². The normalized spacial score (nSPS) is 19.5. The quantitative estimate of drug-likeness (QED) is 0.654. The van der Waals surface area contributed by atoms with E-state index < -0.39 is 0 Å². The molecular formula is C13H22O2. The Kier molecular flexibility index (Phi) is 4.49. The van der Waals surface area contributed by atoms with Crippen LogP contribution in [0.1, 0.15) is 52.9 Å². The molecule has 2 nitrogen and oxygen atoms in total. The molecule has 1 fully saturated rings. The Hall–Kier alpha value is -0.660. The zero-order valence-electron chi connectivity index (χ0n) is 10.1. The van der Waals surface area contributed by atoms with Crippen LogP contribution in [-0.4, -0.2) is 11.6 Å². The number of rotatable bonds is 5. The fourth-order valence-corrected chi connectivity index (χ4v) is 2.33. The molecule has 1 aliphatic rings. The van der Waals surface area contributed by atoms with Gasteiger partial charge in [0.1, 0.15) is 11.6 Å². The second-order valence-electron chi connectivity index (χ2n) is 5.10. The molecule has 15 heavy (non-hydrogen) atoms. The van der Waals surface area contributed by atoms with Crippen LogP contribution in [0.15, 0.2) is 0 Å². The van der Waals surface area contributed by atoms with Gasteiger partial charge in [0.25, 0.3) is 0 Å². The summed E-state index contributed by atoms with van der Waals surface area (Å²) < 4.78 is 0. The summed E-state index contributed by atoms with van der Waals surface area (Å²) in [5.41, 5.74) is 0. The molecule has 2 heteroatoms. The predicted molar refractivity (Wildman–Crippen MR) is 60.6 cm³/mol. The molecule has 1 aliphatic carbocycles. The molecule has 0 amide bonds. The van der Waals surface area contributed by atoms with Gasteiger partial charge in [-0.1, -0.05) is 39.5 Å². The van der Waals surface area contributed by atoms with Crippen LogP contribution in [0.4, 0.5) is 0 Å². The van der Waals surface area contributed by atoms with E-state index in [2.05, 4.69) is 0 Å². The van der Waals surface area contributed by atoms with Gasteiger partial charge in [-0.05, 0) is 12.8 Å². The van der Waals surface area contributed by atoms with Crippen molar-refractivity contribution in [1.82, 2.24) is 0 Å². The van der Waals surface area contributed by atoms with Gasteiger partial charge in [0.15, 0.2) is 0 Å². The molecule has 0 aromatic heterocycles. The lowest BCUT2D eigenvalue weighted by molar-refractivity contribution is -0.134. The van der Waals surface area contributed by atoms with E-state index in [4.69, 9.17) is 0 Å². The van der Waals surface area contributed by atoms with Crippen molar-refractivity contribution in [3.63, 3.8) is 0 Å². The molecule has 0 aromatic carbocycles. The second-order valence-corrected chi connectivity index (χ2v) is 5.10. The van der Waals surface area contributed by atoms with E-state index in [9.17, 15) is 9.59 Å². The Labute approximate surface area is 92.4 Å². The number of carbonyl (C=O) groups excluding carboxylic acids is 2. The van der Waals surface area contributed by atoms with Gasteiger partial charge < -0.3 is 0 Å². The number of hydrogen-bond acceptors (Lipinski definition) is 2. The molecule has 0 radical (unpaired) electrons. The lowest BCUT2D eigenvalue weighted by Gasteiger charge is -2.14. The van der Waals surface area contributed by atoms with Crippen molar-refractivity contribution < 1.29 is 9.59 Å². The SMILES string of the molecule is CC(C)C(=O)C(C)C(=O)CC1CCCC1. The van der Waals surface area contributed by atoms with Crippen LogP contribution in [0.3, 0.4) is 0 Å².